The molecule has 0 fully saturated rings. The number of imidazole rings is 1. The summed E-state index contributed by atoms with van der Waals surface area (Å²) in [6, 6.07) is 19.6. The quantitative estimate of drug-likeness (QED) is 0.526. The number of carbonyl (C=O) groups excluding carboxylic acids is 2. The molecule has 0 spiro atoms. The normalized spacial score (nSPS) is 15.5. The molecule has 3 heterocycles. The Morgan fingerprint density at radius 2 is 1.88 bits per heavy atom. The van der Waals surface area contributed by atoms with Crippen LogP contribution in [0.1, 0.15) is 18.2 Å². The molecule has 1 aliphatic heterocycles. The average molecular weight is 427 g/mol. The number of para-hydroxylation sites is 4. The van der Waals surface area contributed by atoms with Crippen LogP contribution in [0, 0.1) is 0 Å². The molecule has 2 aromatic carbocycles. The average Bonchev–Trinajstić information content (AvgIpc) is 3.21. The second-order valence-corrected chi connectivity index (χ2v) is 7.48. The minimum Gasteiger partial charge on any atom is -0.495 e. The Morgan fingerprint density at radius 3 is 2.69 bits per heavy atom. The van der Waals surface area contributed by atoms with Gasteiger partial charge in [0.2, 0.25) is 17.8 Å². The van der Waals surface area contributed by atoms with Crippen LogP contribution in [0.5, 0.6) is 5.75 Å². The van der Waals surface area contributed by atoms with Crippen molar-refractivity contribution >= 4 is 34.5 Å². The Bertz CT molecular complexity index is 1300. The van der Waals surface area contributed by atoms with E-state index in [0.717, 1.165) is 16.7 Å². The second kappa shape index (κ2) is 8.14. The maximum atomic E-state index is 13.4. The van der Waals surface area contributed by atoms with E-state index in [4.69, 9.17) is 9.72 Å². The molecule has 2 amide bonds. The van der Waals surface area contributed by atoms with Gasteiger partial charge in [-0.15, -0.1) is 0 Å². The van der Waals surface area contributed by atoms with Crippen molar-refractivity contribution in [1.82, 2.24) is 14.5 Å². The fourth-order valence-electron chi connectivity index (χ4n) is 3.99. The van der Waals surface area contributed by atoms with Crippen LogP contribution in [0.15, 0.2) is 72.9 Å². The summed E-state index contributed by atoms with van der Waals surface area (Å²) in [5.74, 6) is 0.507. The number of carbonyl (C=O) groups is 2. The lowest BCUT2D eigenvalue weighted by Gasteiger charge is -2.32. The first-order chi connectivity index (χ1) is 15.7. The summed E-state index contributed by atoms with van der Waals surface area (Å²) in [7, 11) is 1.55. The van der Waals surface area contributed by atoms with E-state index in [2.05, 4.69) is 10.3 Å². The molecule has 8 heteroatoms. The van der Waals surface area contributed by atoms with Gasteiger partial charge >= 0.3 is 0 Å². The number of aromatic nitrogens is 3. The Balaban J connectivity index is 1.55. The number of ether oxygens (including phenoxy) is 1. The van der Waals surface area contributed by atoms with E-state index in [0.29, 0.717) is 17.4 Å². The number of fused-ring (bicyclic) bond motifs is 3. The predicted octanol–water partition coefficient (Wildman–Crippen LogP) is 3.56. The molecule has 1 aliphatic rings. The van der Waals surface area contributed by atoms with Gasteiger partial charge in [-0.1, -0.05) is 30.3 Å². The number of nitrogens with one attached hydrogen (secondary N) is 1. The zero-order valence-electron chi connectivity index (χ0n) is 17.4. The van der Waals surface area contributed by atoms with Gasteiger partial charge in [-0.2, -0.15) is 0 Å². The van der Waals surface area contributed by atoms with Gasteiger partial charge in [0.25, 0.3) is 0 Å². The SMILES string of the molecule is COc1ccccc1NC(=O)[C@@H]1CC(=O)N(Cc2ccccn2)c2nc3ccccc3n21. The molecule has 1 atom stereocenters. The molecule has 32 heavy (non-hydrogen) atoms. The number of methoxy groups -OCH3 is 1. The van der Waals surface area contributed by atoms with Crippen LogP contribution in [0.3, 0.4) is 0 Å². The van der Waals surface area contributed by atoms with Crippen LogP contribution in [0.2, 0.25) is 0 Å². The number of pyridine rings is 1. The van der Waals surface area contributed by atoms with Gasteiger partial charge in [-0.3, -0.25) is 24.0 Å². The summed E-state index contributed by atoms with van der Waals surface area (Å²) in [5.41, 5.74) is 2.81. The molecule has 1 N–H and O–H groups in total. The molecule has 160 valence electrons. The number of amides is 2. The molecular weight excluding hydrogens is 406 g/mol. The summed E-state index contributed by atoms with van der Waals surface area (Å²) < 4.78 is 7.18. The molecule has 0 bridgehead atoms. The molecule has 0 aliphatic carbocycles. The monoisotopic (exact) mass is 427 g/mol. The lowest BCUT2D eigenvalue weighted by molar-refractivity contribution is -0.126. The van der Waals surface area contributed by atoms with E-state index in [-0.39, 0.29) is 24.8 Å². The molecule has 0 radical (unpaired) electrons. The molecule has 0 saturated heterocycles. The highest BCUT2D eigenvalue weighted by Crippen LogP contribution is 2.35. The molecular formula is C24H21N5O3. The van der Waals surface area contributed by atoms with Gasteiger partial charge in [0.1, 0.15) is 11.8 Å². The van der Waals surface area contributed by atoms with Gasteiger partial charge in [-0.05, 0) is 36.4 Å². The van der Waals surface area contributed by atoms with Crippen molar-refractivity contribution in [2.75, 3.05) is 17.3 Å². The summed E-state index contributed by atoms with van der Waals surface area (Å²) >= 11 is 0. The zero-order chi connectivity index (χ0) is 22.1. The summed E-state index contributed by atoms with van der Waals surface area (Å²) in [5, 5.41) is 2.92. The third-order valence-electron chi connectivity index (χ3n) is 5.51. The number of hydrogen-bond donors (Lipinski definition) is 1. The number of nitrogens with zero attached hydrogens (tertiary/aromatic N) is 4. The van der Waals surface area contributed by atoms with E-state index in [1.807, 2.05) is 59.2 Å². The maximum absolute atomic E-state index is 13.4. The first-order valence-electron chi connectivity index (χ1n) is 10.3. The van der Waals surface area contributed by atoms with Crippen molar-refractivity contribution in [3.05, 3.63) is 78.6 Å². The van der Waals surface area contributed by atoms with Crippen molar-refractivity contribution < 1.29 is 14.3 Å². The lowest BCUT2D eigenvalue weighted by atomic mass is 10.1. The summed E-state index contributed by atoms with van der Waals surface area (Å²) in [6.45, 7) is 0.282. The summed E-state index contributed by atoms with van der Waals surface area (Å²) in [4.78, 5) is 37.1. The Labute approximate surface area is 184 Å². The lowest BCUT2D eigenvalue weighted by Crippen LogP contribution is -2.42. The molecule has 0 saturated carbocycles. The molecule has 2 aromatic heterocycles. The summed E-state index contributed by atoms with van der Waals surface area (Å²) in [6.07, 6.45) is 1.71. The van der Waals surface area contributed by atoms with Crippen LogP contribution in [-0.4, -0.2) is 33.5 Å². The standard InChI is InChI=1S/C24H21N5O3/c1-32-21-12-5-3-10-18(21)26-23(31)20-14-22(30)28(15-16-8-6-7-13-25-16)24-27-17-9-2-4-11-19(17)29(20)24/h2-13,20H,14-15H2,1H3,(H,26,31)/t20-/m0/s1. The second-order valence-electron chi connectivity index (χ2n) is 7.48. The Kier molecular flexibility index (Phi) is 5.03. The highest BCUT2D eigenvalue weighted by molar-refractivity contribution is 6.04. The molecule has 8 nitrogen and oxygen atoms in total. The maximum Gasteiger partial charge on any atom is 0.248 e. The van der Waals surface area contributed by atoms with Crippen molar-refractivity contribution in [3.63, 3.8) is 0 Å². The van der Waals surface area contributed by atoms with Crippen LogP contribution < -0.4 is 15.0 Å². The number of hydrogen-bond acceptors (Lipinski definition) is 5. The fourth-order valence-corrected chi connectivity index (χ4v) is 3.99. The zero-order valence-corrected chi connectivity index (χ0v) is 17.4. The van der Waals surface area contributed by atoms with Gasteiger partial charge in [0.15, 0.2) is 0 Å². The predicted molar refractivity (Wildman–Crippen MR) is 120 cm³/mol. The van der Waals surface area contributed by atoms with E-state index >= 15 is 0 Å². The van der Waals surface area contributed by atoms with Crippen LogP contribution in [-0.2, 0) is 16.1 Å². The highest BCUT2D eigenvalue weighted by Gasteiger charge is 2.38. The third kappa shape index (κ3) is 3.45. The molecule has 5 rings (SSSR count). The minimum atomic E-state index is -0.741. The van der Waals surface area contributed by atoms with Crippen LogP contribution in [0.25, 0.3) is 11.0 Å². The van der Waals surface area contributed by atoms with Crippen LogP contribution in [0.4, 0.5) is 11.6 Å². The smallest absolute Gasteiger partial charge is 0.248 e. The van der Waals surface area contributed by atoms with E-state index < -0.39 is 6.04 Å². The Hall–Kier alpha value is -4.20. The van der Waals surface area contributed by atoms with Gasteiger partial charge in [0, 0.05) is 6.20 Å². The highest BCUT2D eigenvalue weighted by atomic mass is 16.5. The number of anilines is 2. The van der Waals surface area contributed by atoms with E-state index in [9.17, 15) is 9.59 Å². The van der Waals surface area contributed by atoms with Crippen molar-refractivity contribution in [2.45, 2.75) is 19.0 Å². The Morgan fingerprint density at radius 1 is 1.09 bits per heavy atom. The third-order valence-corrected chi connectivity index (χ3v) is 5.51. The molecule has 0 unspecified atom stereocenters. The van der Waals surface area contributed by atoms with E-state index in [1.165, 1.54) is 0 Å². The van der Waals surface area contributed by atoms with Gasteiger partial charge in [-0.25, -0.2) is 4.98 Å². The number of benzene rings is 2. The van der Waals surface area contributed by atoms with Crippen molar-refractivity contribution in [2.24, 2.45) is 0 Å². The largest absolute Gasteiger partial charge is 0.495 e. The van der Waals surface area contributed by atoms with Crippen LogP contribution >= 0.6 is 0 Å². The minimum absolute atomic E-state index is 0.0150. The fraction of sp³-hybridized carbons (Fsp3) is 0.167. The van der Waals surface area contributed by atoms with Crippen molar-refractivity contribution in [1.29, 1.82) is 0 Å². The first kappa shape index (κ1) is 19.7. The number of rotatable bonds is 5. The topological polar surface area (TPSA) is 89.3 Å². The molecule has 4 aromatic rings. The van der Waals surface area contributed by atoms with Crippen molar-refractivity contribution in [3.8, 4) is 5.75 Å². The van der Waals surface area contributed by atoms with E-state index in [1.54, 1.807) is 30.3 Å². The first-order valence-corrected chi connectivity index (χ1v) is 10.3. The van der Waals surface area contributed by atoms with Gasteiger partial charge < -0.3 is 10.1 Å². The van der Waals surface area contributed by atoms with Gasteiger partial charge in [0.05, 0.1) is 42.5 Å².